The Morgan fingerprint density at radius 1 is 1.25 bits per heavy atom. The minimum Gasteiger partial charge on any atom is -0.444 e. The van der Waals surface area contributed by atoms with E-state index >= 15 is 0 Å². The summed E-state index contributed by atoms with van der Waals surface area (Å²) in [6, 6.07) is 0.316. The molecule has 1 amide bonds. The van der Waals surface area contributed by atoms with Gasteiger partial charge in [-0.2, -0.15) is 0 Å². The Labute approximate surface area is 97.1 Å². The molecular formula is C12H22N2O2. The molecule has 4 nitrogen and oxygen atoms in total. The van der Waals surface area contributed by atoms with Crippen molar-refractivity contribution in [3.63, 3.8) is 0 Å². The monoisotopic (exact) mass is 226 g/mol. The molecule has 2 bridgehead atoms. The van der Waals surface area contributed by atoms with Crippen LogP contribution in [0.1, 0.15) is 33.6 Å². The summed E-state index contributed by atoms with van der Waals surface area (Å²) in [6.45, 7) is 7.73. The van der Waals surface area contributed by atoms with Gasteiger partial charge in [0.05, 0.1) is 0 Å². The number of alkyl carbamates (subject to hydrolysis) is 1. The van der Waals surface area contributed by atoms with E-state index in [1.54, 1.807) is 0 Å². The maximum atomic E-state index is 11.7. The number of carbonyl (C=O) groups excluding carboxylic acids is 1. The molecule has 0 unspecified atom stereocenters. The van der Waals surface area contributed by atoms with Crippen molar-refractivity contribution >= 4 is 6.09 Å². The van der Waals surface area contributed by atoms with E-state index in [0.29, 0.717) is 17.9 Å². The van der Waals surface area contributed by atoms with Crippen molar-refractivity contribution in [2.75, 3.05) is 13.1 Å². The third-order valence-electron chi connectivity index (χ3n) is 3.42. The molecule has 1 saturated heterocycles. The minimum atomic E-state index is -0.407. The third kappa shape index (κ3) is 2.67. The Kier molecular flexibility index (Phi) is 3.10. The lowest BCUT2D eigenvalue weighted by atomic mass is 9.94. The Morgan fingerprint density at radius 2 is 1.81 bits per heavy atom. The molecule has 2 aliphatic rings. The van der Waals surface area contributed by atoms with Crippen LogP contribution in [0.4, 0.5) is 4.79 Å². The molecule has 92 valence electrons. The van der Waals surface area contributed by atoms with Crippen molar-refractivity contribution in [2.24, 2.45) is 11.8 Å². The first kappa shape index (κ1) is 11.7. The van der Waals surface area contributed by atoms with E-state index in [4.69, 9.17) is 4.74 Å². The maximum absolute atomic E-state index is 11.7. The van der Waals surface area contributed by atoms with E-state index in [1.165, 1.54) is 12.8 Å². The molecule has 0 radical (unpaired) electrons. The van der Waals surface area contributed by atoms with Crippen LogP contribution >= 0.6 is 0 Å². The number of hydrogen-bond acceptors (Lipinski definition) is 3. The van der Waals surface area contributed by atoms with Gasteiger partial charge in [-0.3, -0.25) is 0 Å². The summed E-state index contributed by atoms with van der Waals surface area (Å²) in [5.41, 5.74) is -0.407. The predicted octanol–water partition coefficient (Wildman–Crippen LogP) is 1.51. The number of fused-ring (bicyclic) bond motifs is 2. The van der Waals surface area contributed by atoms with Crippen LogP contribution in [-0.4, -0.2) is 30.8 Å². The summed E-state index contributed by atoms with van der Waals surface area (Å²) in [5, 5.41) is 6.44. The molecule has 1 saturated carbocycles. The zero-order valence-electron chi connectivity index (χ0n) is 10.4. The highest BCUT2D eigenvalue weighted by molar-refractivity contribution is 5.68. The van der Waals surface area contributed by atoms with Gasteiger partial charge in [0.1, 0.15) is 5.60 Å². The molecule has 0 spiro atoms. The molecule has 1 aliphatic carbocycles. The molecule has 0 aromatic rings. The van der Waals surface area contributed by atoms with E-state index in [1.807, 2.05) is 20.8 Å². The van der Waals surface area contributed by atoms with Crippen LogP contribution in [0.2, 0.25) is 0 Å². The molecule has 2 fully saturated rings. The second kappa shape index (κ2) is 4.24. The fraction of sp³-hybridized carbons (Fsp3) is 0.917. The van der Waals surface area contributed by atoms with Gasteiger partial charge in [0.15, 0.2) is 0 Å². The normalized spacial score (nSPS) is 33.6. The van der Waals surface area contributed by atoms with Gasteiger partial charge < -0.3 is 15.4 Å². The van der Waals surface area contributed by atoms with Crippen molar-refractivity contribution in [3.05, 3.63) is 0 Å². The van der Waals surface area contributed by atoms with Crippen LogP contribution in [0.5, 0.6) is 0 Å². The number of amides is 1. The highest BCUT2D eigenvalue weighted by Gasteiger charge is 2.40. The summed E-state index contributed by atoms with van der Waals surface area (Å²) >= 11 is 0. The molecule has 2 rings (SSSR count). The third-order valence-corrected chi connectivity index (χ3v) is 3.42. The zero-order valence-corrected chi connectivity index (χ0v) is 10.4. The van der Waals surface area contributed by atoms with Crippen LogP contribution in [0.25, 0.3) is 0 Å². The average Bonchev–Trinajstić information content (AvgIpc) is 2.39. The molecule has 1 heterocycles. The smallest absolute Gasteiger partial charge is 0.407 e. The van der Waals surface area contributed by atoms with Crippen LogP contribution < -0.4 is 10.6 Å². The second-order valence-electron chi connectivity index (χ2n) is 5.93. The highest BCUT2D eigenvalue weighted by Crippen LogP contribution is 2.33. The van der Waals surface area contributed by atoms with Crippen molar-refractivity contribution in [1.29, 1.82) is 0 Å². The van der Waals surface area contributed by atoms with Gasteiger partial charge in [0, 0.05) is 6.04 Å². The van der Waals surface area contributed by atoms with Gasteiger partial charge in [-0.25, -0.2) is 4.79 Å². The molecule has 16 heavy (non-hydrogen) atoms. The largest absolute Gasteiger partial charge is 0.444 e. The standard InChI is InChI=1S/C12H22N2O2/c1-12(2,3)16-11(15)14-10-8-4-5-9(10)7-13-6-8/h8-10,13H,4-7H2,1-3H3,(H,14,15)/t8-,9-/m1/s1. The first-order chi connectivity index (χ1) is 7.46. The second-order valence-corrected chi connectivity index (χ2v) is 5.93. The number of nitrogens with one attached hydrogen (secondary N) is 2. The highest BCUT2D eigenvalue weighted by atomic mass is 16.6. The molecule has 0 aromatic heterocycles. The quantitative estimate of drug-likeness (QED) is 0.712. The average molecular weight is 226 g/mol. The fourth-order valence-electron chi connectivity index (χ4n) is 2.76. The van der Waals surface area contributed by atoms with Crippen molar-refractivity contribution in [1.82, 2.24) is 10.6 Å². The molecule has 2 atom stereocenters. The summed E-state index contributed by atoms with van der Waals surface area (Å²) in [5.74, 6) is 1.18. The summed E-state index contributed by atoms with van der Waals surface area (Å²) in [7, 11) is 0. The van der Waals surface area contributed by atoms with Crippen LogP contribution in [0.15, 0.2) is 0 Å². The van der Waals surface area contributed by atoms with Gasteiger partial charge in [0.25, 0.3) is 0 Å². The summed E-state index contributed by atoms with van der Waals surface area (Å²) < 4.78 is 5.29. The molecule has 2 N–H and O–H groups in total. The van der Waals surface area contributed by atoms with Gasteiger partial charge in [-0.05, 0) is 58.5 Å². The number of piperidine rings is 1. The van der Waals surface area contributed by atoms with Crippen LogP contribution in [0, 0.1) is 11.8 Å². The number of rotatable bonds is 1. The first-order valence-electron chi connectivity index (χ1n) is 6.16. The lowest BCUT2D eigenvalue weighted by Crippen LogP contribution is -2.51. The Morgan fingerprint density at radius 3 is 2.31 bits per heavy atom. The number of ether oxygens (including phenoxy) is 1. The van der Waals surface area contributed by atoms with E-state index in [-0.39, 0.29) is 6.09 Å². The topological polar surface area (TPSA) is 50.4 Å². The van der Waals surface area contributed by atoms with Gasteiger partial charge in [0.2, 0.25) is 0 Å². The van der Waals surface area contributed by atoms with Crippen LogP contribution in [-0.2, 0) is 4.74 Å². The van der Waals surface area contributed by atoms with Crippen molar-refractivity contribution in [2.45, 2.75) is 45.3 Å². The lowest BCUT2D eigenvalue weighted by molar-refractivity contribution is 0.0468. The zero-order chi connectivity index (χ0) is 11.8. The van der Waals surface area contributed by atoms with Gasteiger partial charge >= 0.3 is 6.09 Å². The van der Waals surface area contributed by atoms with Crippen molar-refractivity contribution in [3.8, 4) is 0 Å². The maximum Gasteiger partial charge on any atom is 0.407 e. The lowest BCUT2D eigenvalue weighted by Gasteiger charge is -2.32. The Hall–Kier alpha value is -0.770. The van der Waals surface area contributed by atoms with E-state index in [9.17, 15) is 4.79 Å². The van der Waals surface area contributed by atoms with Crippen molar-refractivity contribution < 1.29 is 9.53 Å². The van der Waals surface area contributed by atoms with E-state index in [0.717, 1.165) is 13.1 Å². The summed E-state index contributed by atoms with van der Waals surface area (Å²) in [4.78, 5) is 11.7. The molecular weight excluding hydrogens is 204 g/mol. The molecule has 4 heteroatoms. The number of hydrogen-bond donors (Lipinski definition) is 2. The number of carbonyl (C=O) groups is 1. The van der Waals surface area contributed by atoms with E-state index < -0.39 is 5.60 Å². The van der Waals surface area contributed by atoms with E-state index in [2.05, 4.69) is 10.6 Å². The predicted molar refractivity (Wildman–Crippen MR) is 62.2 cm³/mol. The SMILES string of the molecule is CC(C)(C)OC(=O)NC1[C@@H]2CC[C@@H]1CNC2. The van der Waals surface area contributed by atoms with Gasteiger partial charge in [-0.1, -0.05) is 0 Å². The molecule has 0 aromatic carbocycles. The van der Waals surface area contributed by atoms with Crippen LogP contribution in [0.3, 0.4) is 0 Å². The Balaban J connectivity index is 1.88. The van der Waals surface area contributed by atoms with Gasteiger partial charge in [-0.15, -0.1) is 0 Å². The fourth-order valence-corrected chi connectivity index (χ4v) is 2.76. The first-order valence-corrected chi connectivity index (χ1v) is 6.16. The Bertz CT molecular complexity index is 257. The molecule has 1 aliphatic heterocycles. The minimum absolute atomic E-state index is 0.267. The summed E-state index contributed by atoms with van der Waals surface area (Å²) in [6.07, 6.45) is 2.17.